The van der Waals surface area contributed by atoms with Gasteiger partial charge in [0.1, 0.15) is 0 Å². The van der Waals surface area contributed by atoms with E-state index in [1.165, 1.54) is 5.56 Å². The Labute approximate surface area is 112 Å². The molecular weight excluding hydrogens is 321 g/mol. The van der Waals surface area contributed by atoms with Crippen molar-refractivity contribution in [2.75, 3.05) is 20.6 Å². The van der Waals surface area contributed by atoms with Gasteiger partial charge in [-0.25, -0.2) is 0 Å². The lowest BCUT2D eigenvalue weighted by molar-refractivity contribution is 0.711. The molecular formula is C10H18IN3S. The van der Waals surface area contributed by atoms with Gasteiger partial charge in [-0.3, -0.25) is 4.99 Å². The van der Waals surface area contributed by atoms with Gasteiger partial charge in [-0.15, -0.1) is 24.0 Å². The van der Waals surface area contributed by atoms with Crippen LogP contribution in [0.5, 0.6) is 0 Å². The average Bonchev–Trinajstić information content (AvgIpc) is 2.72. The summed E-state index contributed by atoms with van der Waals surface area (Å²) in [5.74, 6) is 1.36. The molecule has 1 heterocycles. The lowest BCUT2D eigenvalue weighted by Crippen LogP contribution is -2.36. The van der Waals surface area contributed by atoms with E-state index >= 15 is 0 Å². The Balaban J connectivity index is 0.00000196. The first kappa shape index (κ1) is 14.7. The second-order valence-electron chi connectivity index (χ2n) is 3.16. The van der Waals surface area contributed by atoms with E-state index in [0.717, 1.165) is 12.5 Å². The van der Waals surface area contributed by atoms with Crippen LogP contribution in [0.3, 0.4) is 0 Å². The fraction of sp³-hybridized carbons (Fsp3) is 0.500. The molecule has 0 aliphatic carbocycles. The van der Waals surface area contributed by atoms with Crippen LogP contribution >= 0.6 is 35.3 Å². The highest BCUT2D eigenvalue weighted by molar-refractivity contribution is 14.0. The molecule has 1 unspecified atom stereocenters. The van der Waals surface area contributed by atoms with Gasteiger partial charge in [0, 0.05) is 20.6 Å². The second kappa shape index (κ2) is 7.92. The Kier molecular flexibility index (Phi) is 7.76. The number of guanidine groups is 1. The van der Waals surface area contributed by atoms with Crippen molar-refractivity contribution in [1.82, 2.24) is 10.6 Å². The molecule has 15 heavy (non-hydrogen) atoms. The van der Waals surface area contributed by atoms with E-state index in [1.54, 1.807) is 18.4 Å². The van der Waals surface area contributed by atoms with Gasteiger partial charge in [-0.05, 0) is 28.3 Å². The lowest BCUT2D eigenvalue weighted by Gasteiger charge is -2.13. The van der Waals surface area contributed by atoms with E-state index < -0.39 is 0 Å². The number of halogens is 1. The topological polar surface area (TPSA) is 36.4 Å². The Hall–Kier alpha value is -0.300. The van der Waals surface area contributed by atoms with Gasteiger partial charge in [-0.2, -0.15) is 11.3 Å². The first-order valence-corrected chi connectivity index (χ1v) is 5.62. The molecule has 0 saturated heterocycles. The third-order valence-electron chi connectivity index (χ3n) is 2.15. The first-order valence-electron chi connectivity index (χ1n) is 4.68. The van der Waals surface area contributed by atoms with E-state index in [9.17, 15) is 0 Å². The minimum atomic E-state index is 0. The standard InChI is InChI=1S/C10H17N3S.HI/c1-8(9-4-5-14-7-9)6-13-10(11-2)12-3;/h4-5,7-8H,6H2,1-3H3,(H2,11,12,13);1H. The summed E-state index contributed by atoms with van der Waals surface area (Å²) in [5.41, 5.74) is 1.38. The SMILES string of the molecule is CN=C(NC)NCC(C)c1ccsc1.I. The zero-order chi connectivity index (χ0) is 10.4. The van der Waals surface area contributed by atoms with Crippen molar-refractivity contribution in [2.45, 2.75) is 12.8 Å². The van der Waals surface area contributed by atoms with Crippen LogP contribution in [-0.4, -0.2) is 26.6 Å². The summed E-state index contributed by atoms with van der Waals surface area (Å²) in [7, 11) is 3.64. The molecule has 0 amide bonds. The Morgan fingerprint density at radius 3 is 2.80 bits per heavy atom. The Bertz CT molecular complexity index is 285. The third-order valence-corrected chi connectivity index (χ3v) is 2.85. The van der Waals surface area contributed by atoms with Crippen LogP contribution in [0.15, 0.2) is 21.8 Å². The molecule has 0 spiro atoms. The van der Waals surface area contributed by atoms with Crippen molar-refractivity contribution in [3.63, 3.8) is 0 Å². The van der Waals surface area contributed by atoms with Gasteiger partial charge in [0.2, 0.25) is 0 Å². The molecule has 0 fully saturated rings. The Morgan fingerprint density at radius 1 is 1.60 bits per heavy atom. The molecule has 0 aromatic carbocycles. The number of rotatable bonds is 3. The molecule has 0 bridgehead atoms. The number of hydrogen-bond acceptors (Lipinski definition) is 2. The molecule has 0 aliphatic heterocycles. The van der Waals surface area contributed by atoms with Gasteiger partial charge in [0.15, 0.2) is 5.96 Å². The summed E-state index contributed by atoms with van der Waals surface area (Å²) in [6.07, 6.45) is 0. The molecule has 1 aromatic heterocycles. The van der Waals surface area contributed by atoms with Crippen LogP contribution in [0.2, 0.25) is 0 Å². The van der Waals surface area contributed by atoms with Crippen LogP contribution < -0.4 is 10.6 Å². The largest absolute Gasteiger partial charge is 0.359 e. The highest BCUT2D eigenvalue weighted by Gasteiger charge is 2.05. The number of nitrogens with zero attached hydrogens (tertiary/aromatic N) is 1. The van der Waals surface area contributed by atoms with Crippen molar-refractivity contribution in [2.24, 2.45) is 4.99 Å². The molecule has 86 valence electrons. The highest BCUT2D eigenvalue weighted by atomic mass is 127. The summed E-state index contributed by atoms with van der Waals surface area (Å²) < 4.78 is 0. The Morgan fingerprint density at radius 2 is 2.33 bits per heavy atom. The molecule has 0 aliphatic rings. The highest BCUT2D eigenvalue weighted by Crippen LogP contribution is 2.16. The number of aliphatic imine (C=N–C) groups is 1. The molecule has 2 N–H and O–H groups in total. The average molecular weight is 339 g/mol. The van der Waals surface area contributed by atoms with Crippen LogP contribution in [-0.2, 0) is 0 Å². The van der Waals surface area contributed by atoms with Gasteiger partial charge in [-0.1, -0.05) is 6.92 Å². The maximum Gasteiger partial charge on any atom is 0.190 e. The summed E-state index contributed by atoms with van der Waals surface area (Å²) in [6, 6.07) is 2.17. The van der Waals surface area contributed by atoms with E-state index in [1.807, 2.05) is 7.05 Å². The fourth-order valence-corrected chi connectivity index (χ4v) is 1.98. The molecule has 5 heteroatoms. The maximum absolute atomic E-state index is 4.06. The van der Waals surface area contributed by atoms with Gasteiger partial charge < -0.3 is 10.6 Å². The molecule has 1 atom stereocenters. The van der Waals surface area contributed by atoms with Crippen LogP contribution in [0.4, 0.5) is 0 Å². The third kappa shape index (κ3) is 4.83. The predicted octanol–water partition coefficient (Wildman–Crippen LogP) is 2.26. The van der Waals surface area contributed by atoms with Crippen molar-refractivity contribution >= 4 is 41.3 Å². The maximum atomic E-state index is 4.06. The van der Waals surface area contributed by atoms with Crippen molar-refractivity contribution in [3.05, 3.63) is 22.4 Å². The monoisotopic (exact) mass is 339 g/mol. The number of hydrogen-bond donors (Lipinski definition) is 2. The predicted molar refractivity (Wildman–Crippen MR) is 78.6 cm³/mol. The van der Waals surface area contributed by atoms with Crippen LogP contribution in [0, 0.1) is 0 Å². The number of nitrogens with one attached hydrogen (secondary N) is 2. The zero-order valence-corrected chi connectivity index (χ0v) is 12.4. The van der Waals surface area contributed by atoms with E-state index in [4.69, 9.17) is 0 Å². The van der Waals surface area contributed by atoms with Crippen molar-refractivity contribution < 1.29 is 0 Å². The quantitative estimate of drug-likeness (QED) is 0.504. The van der Waals surface area contributed by atoms with Crippen LogP contribution in [0.25, 0.3) is 0 Å². The van der Waals surface area contributed by atoms with Crippen molar-refractivity contribution in [3.8, 4) is 0 Å². The van der Waals surface area contributed by atoms with E-state index in [2.05, 4.69) is 39.4 Å². The van der Waals surface area contributed by atoms with E-state index in [-0.39, 0.29) is 24.0 Å². The van der Waals surface area contributed by atoms with Gasteiger partial charge >= 0.3 is 0 Å². The molecule has 0 saturated carbocycles. The minimum Gasteiger partial charge on any atom is -0.359 e. The van der Waals surface area contributed by atoms with Gasteiger partial charge in [0.25, 0.3) is 0 Å². The van der Waals surface area contributed by atoms with E-state index in [0.29, 0.717) is 5.92 Å². The lowest BCUT2D eigenvalue weighted by atomic mass is 10.1. The summed E-state index contributed by atoms with van der Waals surface area (Å²) in [6.45, 7) is 3.11. The van der Waals surface area contributed by atoms with Gasteiger partial charge in [0.05, 0.1) is 0 Å². The molecule has 1 aromatic rings. The molecule has 3 nitrogen and oxygen atoms in total. The molecule has 0 radical (unpaired) electrons. The molecule has 1 rings (SSSR count). The smallest absolute Gasteiger partial charge is 0.190 e. The van der Waals surface area contributed by atoms with Crippen molar-refractivity contribution in [1.29, 1.82) is 0 Å². The summed E-state index contributed by atoms with van der Waals surface area (Å²) in [4.78, 5) is 4.06. The fourth-order valence-electron chi connectivity index (χ4n) is 1.20. The summed E-state index contributed by atoms with van der Waals surface area (Å²) in [5, 5.41) is 10.5. The summed E-state index contributed by atoms with van der Waals surface area (Å²) >= 11 is 1.74. The minimum absolute atomic E-state index is 0. The zero-order valence-electron chi connectivity index (χ0n) is 9.28. The normalized spacial score (nSPS) is 12.9. The van der Waals surface area contributed by atoms with Crippen LogP contribution in [0.1, 0.15) is 18.4 Å². The number of thiophene rings is 1. The second-order valence-corrected chi connectivity index (χ2v) is 3.94. The first-order chi connectivity index (χ1) is 6.77.